The molecule has 29 heavy (non-hydrogen) atoms. The van der Waals surface area contributed by atoms with Crippen LogP contribution in [0.25, 0.3) is 17.4 Å². The Hall–Kier alpha value is -3.84. The number of nitriles is 1. The minimum atomic E-state index is -0.650. The molecule has 0 aliphatic carbocycles. The quantitative estimate of drug-likeness (QED) is 0.276. The highest BCUT2D eigenvalue weighted by Crippen LogP contribution is 2.31. The zero-order valence-electron chi connectivity index (χ0n) is 15.4. The van der Waals surface area contributed by atoms with E-state index >= 15 is 0 Å². The second-order valence-corrected chi connectivity index (χ2v) is 7.21. The lowest BCUT2D eigenvalue weighted by atomic mass is 10.1. The molecule has 1 N–H and O–H groups in total. The molecule has 0 unspecified atom stereocenters. The molecule has 0 spiro atoms. The molecule has 2 aromatic heterocycles. The third-order valence-corrected chi connectivity index (χ3v) is 4.94. The van der Waals surface area contributed by atoms with E-state index in [1.165, 1.54) is 29.5 Å². The smallest absolute Gasteiger partial charge is 0.280 e. The van der Waals surface area contributed by atoms with Crippen molar-refractivity contribution in [1.82, 2.24) is 10.2 Å². The van der Waals surface area contributed by atoms with Crippen LogP contribution in [-0.4, -0.2) is 21.0 Å². The monoisotopic (exact) mass is 409 g/mol. The summed E-state index contributed by atoms with van der Waals surface area (Å²) in [7, 11) is 0. The topological polar surface area (TPSA) is 135 Å². The van der Waals surface area contributed by atoms with E-state index in [0.717, 1.165) is 5.01 Å². The summed E-state index contributed by atoms with van der Waals surface area (Å²) in [5.74, 6) is -0.00718. The summed E-state index contributed by atoms with van der Waals surface area (Å²) in [4.78, 5) is 23.0. The number of anilines is 1. The number of carbonyl (C=O) groups excluding carboxylic acids is 1. The van der Waals surface area contributed by atoms with E-state index in [1.807, 2.05) is 19.9 Å². The maximum absolute atomic E-state index is 12.4. The second-order valence-electron chi connectivity index (χ2n) is 6.20. The molecule has 9 nitrogen and oxygen atoms in total. The molecular weight excluding hydrogens is 394 g/mol. The molecule has 0 bridgehead atoms. The number of benzene rings is 1. The maximum Gasteiger partial charge on any atom is 0.280 e. The first-order valence-electron chi connectivity index (χ1n) is 8.49. The highest BCUT2D eigenvalue weighted by Gasteiger charge is 2.18. The number of hydrogen-bond donors (Lipinski definition) is 1. The van der Waals surface area contributed by atoms with E-state index in [0.29, 0.717) is 10.7 Å². The van der Waals surface area contributed by atoms with E-state index in [4.69, 9.17) is 4.42 Å². The van der Waals surface area contributed by atoms with Crippen molar-refractivity contribution in [3.63, 3.8) is 0 Å². The molecule has 3 rings (SSSR count). The van der Waals surface area contributed by atoms with E-state index in [2.05, 4.69) is 15.5 Å². The molecule has 0 radical (unpaired) electrons. The highest BCUT2D eigenvalue weighted by molar-refractivity contribution is 7.15. The van der Waals surface area contributed by atoms with Crippen LogP contribution < -0.4 is 5.32 Å². The van der Waals surface area contributed by atoms with Crippen LogP contribution in [-0.2, 0) is 4.79 Å². The fourth-order valence-corrected chi connectivity index (χ4v) is 3.13. The van der Waals surface area contributed by atoms with Gasteiger partial charge < -0.3 is 4.42 Å². The number of aromatic nitrogens is 2. The first-order valence-corrected chi connectivity index (χ1v) is 9.31. The van der Waals surface area contributed by atoms with Crippen molar-refractivity contribution in [1.29, 1.82) is 5.26 Å². The minimum absolute atomic E-state index is 0.104. The van der Waals surface area contributed by atoms with Crippen molar-refractivity contribution in [2.75, 3.05) is 5.32 Å². The number of carbonyl (C=O) groups is 1. The van der Waals surface area contributed by atoms with Crippen molar-refractivity contribution in [3.8, 4) is 17.4 Å². The molecule has 0 aliphatic rings. The summed E-state index contributed by atoms with van der Waals surface area (Å²) in [6.07, 6.45) is 1.26. The van der Waals surface area contributed by atoms with Gasteiger partial charge in [0.25, 0.3) is 11.6 Å². The van der Waals surface area contributed by atoms with Gasteiger partial charge >= 0.3 is 0 Å². The molecule has 0 atom stereocenters. The number of para-hydroxylation sites is 1. The molecule has 1 amide bonds. The summed E-state index contributed by atoms with van der Waals surface area (Å²) in [5, 5.41) is 32.0. The van der Waals surface area contributed by atoms with E-state index in [1.54, 1.807) is 24.3 Å². The molecule has 0 aliphatic heterocycles. The van der Waals surface area contributed by atoms with Crippen LogP contribution >= 0.6 is 11.3 Å². The average molecular weight is 409 g/mol. The Balaban J connectivity index is 1.82. The Bertz CT molecular complexity index is 1140. The van der Waals surface area contributed by atoms with Crippen LogP contribution in [0.3, 0.4) is 0 Å². The Morgan fingerprint density at radius 2 is 2.07 bits per heavy atom. The number of nitro benzene ring substituents is 1. The lowest BCUT2D eigenvalue weighted by Gasteiger charge is -2.00. The van der Waals surface area contributed by atoms with Crippen molar-refractivity contribution >= 4 is 34.1 Å². The number of nitrogens with zero attached hydrogens (tertiary/aromatic N) is 4. The van der Waals surface area contributed by atoms with Crippen molar-refractivity contribution in [2.24, 2.45) is 0 Å². The van der Waals surface area contributed by atoms with Crippen LogP contribution in [0.4, 0.5) is 10.8 Å². The Labute approximate surface area is 169 Å². The normalized spacial score (nSPS) is 11.3. The summed E-state index contributed by atoms with van der Waals surface area (Å²) in [6, 6.07) is 11.0. The van der Waals surface area contributed by atoms with E-state index in [-0.39, 0.29) is 28.7 Å². The van der Waals surface area contributed by atoms with Gasteiger partial charge in [0.1, 0.15) is 28.2 Å². The molecule has 0 saturated heterocycles. The number of nitro groups is 1. The van der Waals surface area contributed by atoms with Crippen LogP contribution in [0.1, 0.15) is 30.5 Å². The van der Waals surface area contributed by atoms with Gasteiger partial charge in [0.2, 0.25) is 5.13 Å². The average Bonchev–Trinajstić information content (AvgIpc) is 3.35. The van der Waals surface area contributed by atoms with Gasteiger partial charge in [-0.3, -0.25) is 20.2 Å². The van der Waals surface area contributed by atoms with Crippen LogP contribution in [0.15, 0.2) is 46.4 Å². The van der Waals surface area contributed by atoms with Gasteiger partial charge in [-0.15, -0.1) is 10.2 Å². The van der Waals surface area contributed by atoms with Gasteiger partial charge in [-0.1, -0.05) is 37.3 Å². The first-order chi connectivity index (χ1) is 13.9. The fourth-order valence-electron chi connectivity index (χ4n) is 2.39. The largest absolute Gasteiger partial charge is 0.456 e. The third-order valence-electron chi connectivity index (χ3n) is 3.80. The standard InChI is InChI=1S/C19H15N5O4S/c1-11(2)18-22-23-19(29-18)21-17(25)12(10-20)9-13-7-8-16(28-13)14-5-3-4-6-15(14)24(26)27/h3-9,11H,1-2H3,(H,21,23,25). The summed E-state index contributed by atoms with van der Waals surface area (Å²) < 4.78 is 5.59. The van der Waals surface area contributed by atoms with E-state index < -0.39 is 10.8 Å². The third kappa shape index (κ3) is 4.53. The first kappa shape index (κ1) is 19.9. The number of rotatable bonds is 6. The SMILES string of the molecule is CC(C)c1nnc(NC(=O)C(C#N)=Cc2ccc(-c3ccccc3[N+](=O)[O-])o2)s1. The number of amides is 1. The predicted octanol–water partition coefficient (Wildman–Crippen LogP) is 4.38. The zero-order valence-corrected chi connectivity index (χ0v) is 16.3. The molecular formula is C19H15N5O4S. The lowest BCUT2D eigenvalue weighted by molar-refractivity contribution is -0.384. The molecule has 3 aromatic rings. The molecule has 0 saturated carbocycles. The van der Waals surface area contributed by atoms with Gasteiger partial charge in [0, 0.05) is 18.1 Å². The summed E-state index contributed by atoms with van der Waals surface area (Å²) >= 11 is 1.23. The van der Waals surface area contributed by atoms with Gasteiger partial charge in [-0.2, -0.15) is 5.26 Å². The second kappa shape index (κ2) is 8.45. The molecule has 2 heterocycles. The van der Waals surface area contributed by atoms with Crippen molar-refractivity contribution in [2.45, 2.75) is 19.8 Å². The predicted molar refractivity (Wildman–Crippen MR) is 107 cm³/mol. The highest BCUT2D eigenvalue weighted by atomic mass is 32.1. The molecule has 10 heteroatoms. The lowest BCUT2D eigenvalue weighted by Crippen LogP contribution is -2.13. The molecule has 146 valence electrons. The van der Waals surface area contributed by atoms with Crippen LogP contribution in [0, 0.1) is 21.4 Å². The van der Waals surface area contributed by atoms with Crippen LogP contribution in [0.5, 0.6) is 0 Å². The Kier molecular flexibility index (Phi) is 5.80. The fraction of sp³-hybridized carbons (Fsp3) is 0.158. The van der Waals surface area contributed by atoms with Gasteiger partial charge in [0.15, 0.2) is 0 Å². The zero-order chi connectivity index (χ0) is 21.0. The summed E-state index contributed by atoms with van der Waals surface area (Å²) in [5.41, 5.74) is -0.00204. The summed E-state index contributed by atoms with van der Waals surface area (Å²) in [6.45, 7) is 3.91. The van der Waals surface area contributed by atoms with Crippen LogP contribution in [0.2, 0.25) is 0 Å². The van der Waals surface area contributed by atoms with Gasteiger partial charge in [0.05, 0.1) is 10.5 Å². The van der Waals surface area contributed by atoms with E-state index in [9.17, 15) is 20.2 Å². The number of hydrogen-bond acceptors (Lipinski definition) is 8. The van der Waals surface area contributed by atoms with Crippen molar-refractivity contribution in [3.05, 3.63) is 62.9 Å². The van der Waals surface area contributed by atoms with Crippen molar-refractivity contribution < 1.29 is 14.1 Å². The molecule has 0 fully saturated rings. The Morgan fingerprint density at radius 1 is 1.31 bits per heavy atom. The molecule has 1 aromatic carbocycles. The Morgan fingerprint density at radius 3 is 2.72 bits per heavy atom. The van der Waals surface area contributed by atoms with Gasteiger partial charge in [-0.25, -0.2) is 0 Å². The maximum atomic E-state index is 12.4. The minimum Gasteiger partial charge on any atom is -0.456 e. The number of furan rings is 1. The van der Waals surface area contributed by atoms with Gasteiger partial charge in [-0.05, 0) is 18.2 Å². The number of nitrogens with one attached hydrogen (secondary N) is 1.